The van der Waals surface area contributed by atoms with Crippen LogP contribution in [0.15, 0.2) is 24.5 Å². The molecule has 1 fully saturated rings. The minimum absolute atomic E-state index is 0.279. The number of rotatable bonds is 2. The SMILES string of the molecule is O=C(O)c1ccn2cc(C3CCCNC3)nc2c1. The highest BCUT2D eigenvalue weighted by molar-refractivity contribution is 5.88. The van der Waals surface area contributed by atoms with Gasteiger partial charge in [0.25, 0.3) is 0 Å². The Kier molecular flexibility index (Phi) is 2.76. The van der Waals surface area contributed by atoms with Crippen LogP contribution in [0.4, 0.5) is 0 Å². The number of imidazole rings is 1. The number of carboxylic acid groups (broad SMARTS) is 1. The molecular formula is C13H15N3O2. The van der Waals surface area contributed by atoms with Gasteiger partial charge in [-0.2, -0.15) is 0 Å². The molecule has 1 aliphatic rings. The number of fused-ring (bicyclic) bond motifs is 1. The van der Waals surface area contributed by atoms with Crippen molar-refractivity contribution >= 4 is 11.6 Å². The first-order valence-electron chi connectivity index (χ1n) is 6.17. The maximum absolute atomic E-state index is 10.9. The van der Waals surface area contributed by atoms with Crippen LogP contribution in [0.5, 0.6) is 0 Å². The van der Waals surface area contributed by atoms with Crippen LogP contribution in [0.3, 0.4) is 0 Å². The van der Waals surface area contributed by atoms with Gasteiger partial charge in [0.2, 0.25) is 0 Å². The van der Waals surface area contributed by atoms with E-state index in [1.165, 1.54) is 6.42 Å². The lowest BCUT2D eigenvalue weighted by atomic mass is 9.97. The first-order valence-corrected chi connectivity index (χ1v) is 6.17. The van der Waals surface area contributed by atoms with Gasteiger partial charge in [-0.1, -0.05) is 0 Å². The van der Waals surface area contributed by atoms with E-state index in [4.69, 9.17) is 5.11 Å². The molecule has 18 heavy (non-hydrogen) atoms. The number of nitrogens with one attached hydrogen (secondary N) is 1. The number of hydrogen-bond acceptors (Lipinski definition) is 3. The summed E-state index contributed by atoms with van der Waals surface area (Å²) in [6.45, 7) is 2.03. The monoisotopic (exact) mass is 245 g/mol. The van der Waals surface area contributed by atoms with Crippen molar-refractivity contribution in [2.75, 3.05) is 13.1 Å². The third-order valence-corrected chi connectivity index (χ3v) is 3.44. The Labute approximate surface area is 104 Å². The summed E-state index contributed by atoms with van der Waals surface area (Å²) in [6.07, 6.45) is 6.06. The second kappa shape index (κ2) is 4.42. The Balaban J connectivity index is 1.97. The average Bonchev–Trinajstić information content (AvgIpc) is 2.82. The predicted octanol–water partition coefficient (Wildman–Crippen LogP) is 1.50. The highest BCUT2D eigenvalue weighted by Crippen LogP contribution is 2.22. The zero-order valence-corrected chi connectivity index (χ0v) is 9.97. The van der Waals surface area contributed by atoms with Crippen LogP contribution >= 0.6 is 0 Å². The smallest absolute Gasteiger partial charge is 0.335 e. The summed E-state index contributed by atoms with van der Waals surface area (Å²) >= 11 is 0. The standard InChI is InChI=1S/C13H15N3O2/c17-13(18)9-3-5-16-8-11(15-12(16)6-9)10-2-1-4-14-7-10/h3,5-6,8,10,14H,1-2,4,7H2,(H,17,18). The number of piperidine rings is 1. The Morgan fingerprint density at radius 3 is 3.17 bits per heavy atom. The third-order valence-electron chi connectivity index (χ3n) is 3.44. The van der Waals surface area contributed by atoms with E-state index in [1.807, 2.05) is 10.6 Å². The molecule has 5 nitrogen and oxygen atoms in total. The van der Waals surface area contributed by atoms with Crippen LogP contribution in [0.2, 0.25) is 0 Å². The normalized spacial score (nSPS) is 20.1. The molecule has 3 heterocycles. The van der Waals surface area contributed by atoms with Crippen molar-refractivity contribution in [3.63, 3.8) is 0 Å². The summed E-state index contributed by atoms with van der Waals surface area (Å²) < 4.78 is 1.89. The van der Waals surface area contributed by atoms with Crippen molar-refractivity contribution in [3.05, 3.63) is 35.8 Å². The van der Waals surface area contributed by atoms with Crippen LogP contribution in [-0.4, -0.2) is 33.6 Å². The fourth-order valence-corrected chi connectivity index (χ4v) is 2.44. The summed E-state index contributed by atoms with van der Waals surface area (Å²) in [5.74, 6) is -0.478. The summed E-state index contributed by atoms with van der Waals surface area (Å²) in [4.78, 5) is 15.4. The molecule has 94 valence electrons. The molecule has 3 rings (SSSR count). The molecule has 0 aliphatic carbocycles. The maximum atomic E-state index is 10.9. The minimum atomic E-state index is -0.915. The zero-order chi connectivity index (χ0) is 12.5. The molecular weight excluding hydrogens is 230 g/mol. The van der Waals surface area contributed by atoms with Crippen LogP contribution in [0.25, 0.3) is 5.65 Å². The van der Waals surface area contributed by atoms with E-state index < -0.39 is 5.97 Å². The lowest BCUT2D eigenvalue weighted by molar-refractivity contribution is 0.0697. The quantitative estimate of drug-likeness (QED) is 0.841. The number of hydrogen-bond donors (Lipinski definition) is 2. The molecule has 0 aromatic carbocycles. The van der Waals surface area contributed by atoms with E-state index in [0.29, 0.717) is 11.6 Å². The summed E-state index contributed by atoms with van der Waals surface area (Å²) in [5, 5.41) is 12.3. The van der Waals surface area contributed by atoms with E-state index in [-0.39, 0.29) is 5.56 Å². The predicted molar refractivity (Wildman–Crippen MR) is 67.0 cm³/mol. The molecule has 0 bridgehead atoms. The van der Waals surface area contributed by atoms with E-state index in [0.717, 1.165) is 25.2 Å². The zero-order valence-electron chi connectivity index (χ0n) is 9.97. The molecule has 1 aliphatic heterocycles. The first-order chi connectivity index (χ1) is 8.74. The average molecular weight is 245 g/mol. The van der Waals surface area contributed by atoms with Gasteiger partial charge in [0.1, 0.15) is 5.65 Å². The van der Waals surface area contributed by atoms with Crippen molar-refractivity contribution in [2.24, 2.45) is 0 Å². The van der Waals surface area contributed by atoms with E-state index >= 15 is 0 Å². The molecule has 1 unspecified atom stereocenters. The van der Waals surface area contributed by atoms with E-state index in [9.17, 15) is 4.79 Å². The molecule has 1 saturated heterocycles. The van der Waals surface area contributed by atoms with Crippen molar-refractivity contribution in [1.82, 2.24) is 14.7 Å². The Morgan fingerprint density at radius 2 is 2.44 bits per heavy atom. The molecule has 2 aromatic rings. The van der Waals surface area contributed by atoms with Crippen molar-refractivity contribution < 1.29 is 9.90 Å². The summed E-state index contributed by atoms with van der Waals surface area (Å²) in [6, 6.07) is 3.21. The lowest BCUT2D eigenvalue weighted by Crippen LogP contribution is -2.28. The topological polar surface area (TPSA) is 66.6 Å². The van der Waals surface area contributed by atoms with Crippen molar-refractivity contribution in [1.29, 1.82) is 0 Å². The molecule has 0 radical (unpaired) electrons. The van der Waals surface area contributed by atoms with Gasteiger partial charge in [0.15, 0.2) is 0 Å². The van der Waals surface area contributed by atoms with Crippen LogP contribution in [-0.2, 0) is 0 Å². The Hall–Kier alpha value is -1.88. The largest absolute Gasteiger partial charge is 0.478 e. The van der Waals surface area contributed by atoms with Gasteiger partial charge in [-0.15, -0.1) is 0 Å². The highest BCUT2D eigenvalue weighted by Gasteiger charge is 2.18. The van der Waals surface area contributed by atoms with Gasteiger partial charge >= 0.3 is 5.97 Å². The first kappa shape index (κ1) is 11.2. The molecule has 1 atom stereocenters. The van der Waals surface area contributed by atoms with Gasteiger partial charge < -0.3 is 14.8 Å². The fraction of sp³-hybridized carbons (Fsp3) is 0.385. The number of nitrogens with zero attached hydrogens (tertiary/aromatic N) is 2. The Morgan fingerprint density at radius 1 is 1.56 bits per heavy atom. The van der Waals surface area contributed by atoms with Crippen LogP contribution in [0, 0.1) is 0 Å². The molecule has 2 N–H and O–H groups in total. The van der Waals surface area contributed by atoms with E-state index in [2.05, 4.69) is 10.3 Å². The van der Waals surface area contributed by atoms with Gasteiger partial charge in [-0.3, -0.25) is 0 Å². The number of carboxylic acids is 1. The fourth-order valence-electron chi connectivity index (χ4n) is 2.44. The summed E-state index contributed by atoms with van der Waals surface area (Å²) in [5.41, 5.74) is 2.03. The molecule has 2 aromatic heterocycles. The molecule has 5 heteroatoms. The lowest BCUT2D eigenvalue weighted by Gasteiger charge is -2.20. The highest BCUT2D eigenvalue weighted by atomic mass is 16.4. The third kappa shape index (κ3) is 1.97. The van der Waals surface area contributed by atoms with Crippen LogP contribution < -0.4 is 5.32 Å². The number of carbonyl (C=O) groups is 1. The number of aromatic carboxylic acids is 1. The van der Waals surface area contributed by atoms with Gasteiger partial charge in [-0.25, -0.2) is 9.78 Å². The molecule has 0 amide bonds. The van der Waals surface area contributed by atoms with Gasteiger partial charge in [0.05, 0.1) is 11.3 Å². The van der Waals surface area contributed by atoms with E-state index in [1.54, 1.807) is 18.3 Å². The second-order valence-electron chi connectivity index (χ2n) is 4.70. The van der Waals surface area contributed by atoms with Crippen molar-refractivity contribution in [2.45, 2.75) is 18.8 Å². The number of pyridine rings is 1. The van der Waals surface area contributed by atoms with Gasteiger partial charge in [-0.05, 0) is 31.5 Å². The number of aromatic nitrogens is 2. The second-order valence-corrected chi connectivity index (χ2v) is 4.70. The van der Waals surface area contributed by atoms with Gasteiger partial charge in [0, 0.05) is 24.9 Å². The Bertz CT molecular complexity index is 585. The maximum Gasteiger partial charge on any atom is 0.335 e. The van der Waals surface area contributed by atoms with Crippen LogP contribution in [0.1, 0.15) is 34.8 Å². The molecule has 0 spiro atoms. The minimum Gasteiger partial charge on any atom is -0.478 e. The summed E-state index contributed by atoms with van der Waals surface area (Å²) in [7, 11) is 0. The molecule has 0 saturated carbocycles. The van der Waals surface area contributed by atoms with Crippen molar-refractivity contribution in [3.8, 4) is 0 Å².